The minimum atomic E-state index is -0.410. The Morgan fingerprint density at radius 2 is 2.25 bits per heavy atom. The highest BCUT2D eigenvalue weighted by molar-refractivity contribution is 6.31. The molecule has 1 heterocycles. The predicted octanol–water partition coefficient (Wildman–Crippen LogP) is 1.63. The molecule has 0 aliphatic heterocycles. The molecule has 0 spiro atoms. The Hall–Kier alpha value is -1.00. The Kier molecular flexibility index (Phi) is 3.99. The van der Waals surface area contributed by atoms with Crippen LogP contribution in [0.15, 0.2) is 12.3 Å². The fourth-order valence-electron chi connectivity index (χ4n) is 1.35. The summed E-state index contributed by atoms with van der Waals surface area (Å²) in [6.45, 7) is 6.82. The fourth-order valence-corrected chi connectivity index (χ4v) is 1.57. The van der Waals surface area contributed by atoms with E-state index in [0.29, 0.717) is 23.8 Å². The number of carbonyl (C=O) groups is 1. The number of rotatable bonds is 4. The van der Waals surface area contributed by atoms with Crippen LogP contribution in [0.1, 0.15) is 31.3 Å². The molecule has 1 aromatic rings. The molecule has 0 atom stereocenters. The second-order valence-electron chi connectivity index (χ2n) is 4.37. The van der Waals surface area contributed by atoms with Gasteiger partial charge in [0.1, 0.15) is 5.69 Å². The van der Waals surface area contributed by atoms with Gasteiger partial charge in [0.15, 0.2) is 0 Å². The van der Waals surface area contributed by atoms with Crippen LogP contribution in [-0.2, 0) is 6.54 Å². The van der Waals surface area contributed by atoms with Crippen LogP contribution >= 0.6 is 11.6 Å². The first-order valence-electron chi connectivity index (χ1n) is 5.28. The van der Waals surface area contributed by atoms with E-state index >= 15 is 0 Å². The largest absolute Gasteiger partial charge is 0.345 e. The van der Waals surface area contributed by atoms with Crippen LogP contribution in [0, 0.1) is 0 Å². The smallest absolute Gasteiger partial charge is 0.268 e. The zero-order valence-corrected chi connectivity index (χ0v) is 10.6. The van der Waals surface area contributed by atoms with E-state index in [1.165, 1.54) is 0 Å². The standard InChI is InChI=1S/C11H18ClN3O/c1-4-15-6-8(12)5-9(15)10(16)14-11(2,3)7-13/h5-6H,4,7,13H2,1-3H3,(H,14,16). The number of nitrogens with two attached hydrogens (primary N) is 1. The molecule has 0 fully saturated rings. The number of hydrogen-bond donors (Lipinski definition) is 2. The highest BCUT2D eigenvalue weighted by Crippen LogP contribution is 2.15. The van der Waals surface area contributed by atoms with Gasteiger partial charge in [0.05, 0.1) is 5.02 Å². The highest BCUT2D eigenvalue weighted by Gasteiger charge is 2.21. The lowest BCUT2D eigenvalue weighted by atomic mass is 10.1. The van der Waals surface area contributed by atoms with Gasteiger partial charge in [-0.3, -0.25) is 4.79 Å². The molecule has 5 heteroatoms. The number of aryl methyl sites for hydroxylation is 1. The average molecular weight is 244 g/mol. The Balaban J connectivity index is 2.88. The first-order chi connectivity index (χ1) is 7.39. The summed E-state index contributed by atoms with van der Waals surface area (Å²) < 4.78 is 1.81. The van der Waals surface area contributed by atoms with Crippen LogP contribution < -0.4 is 11.1 Å². The van der Waals surface area contributed by atoms with E-state index < -0.39 is 5.54 Å². The van der Waals surface area contributed by atoms with E-state index in [1.807, 2.05) is 25.3 Å². The summed E-state index contributed by atoms with van der Waals surface area (Å²) in [6, 6.07) is 1.66. The first kappa shape index (κ1) is 13.1. The van der Waals surface area contributed by atoms with Crippen molar-refractivity contribution in [3.63, 3.8) is 0 Å². The normalized spacial score (nSPS) is 11.6. The number of aromatic nitrogens is 1. The molecule has 90 valence electrons. The second kappa shape index (κ2) is 4.89. The quantitative estimate of drug-likeness (QED) is 0.845. The zero-order chi connectivity index (χ0) is 12.3. The van der Waals surface area contributed by atoms with Crippen LogP contribution in [-0.4, -0.2) is 22.6 Å². The number of carbonyl (C=O) groups excluding carboxylic acids is 1. The average Bonchev–Trinajstić information content (AvgIpc) is 2.59. The third kappa shape index (κ3) is 3.00. The molecule has 0 radical (unpaired) electrons. The maximum absolute atomic E-state index is 12.0. The van der Waals surface area contributed by atoms with Crippen LogP contribution in [0.4, 0.5) is 0 Å². The Morgan fingerprint density at radius 3 is 2.75 bits per heavy atom. The van der Waals surface area contributed by atoms with E-state index in [0.717, 1.165) is 0 Å². The van der Waals surface area contributed by atoms with Gasteiger partial charge < -0.3 is 15.6 Å². The van der Waals surface area contributed by atoms with E-state index in [1.54, 1.807) is 12.3 Å². The van der Waals surface area contributed by atoms with Gasteiger partial charge in [0.2, 0.25) is 0 Å². The van der Waals surface area contributed by atoms with Crippen molar-refractivity contribution in [3.05, 3.63) is 23.0 Å². The molecule has 1 aromatic heterocycles. The van der Waals surface area contributed by atoms with Crippen LogP contribution in [0.5, 0.6) is 0 Å². The molecule has 16 heavy (non-hydrogen) atoms. The molecule has 0 saturated carbocycles. The molecule has 0 aliphatic rings. The van der Waals surface area contributed by atoms with Crippen molar-refractivity contribution in [1.29, 1.82) is 0 Å². The lowest BCUT2D eigenvalue weighted by Gasteiger charge is -2.24. The van der Waals surface area contributed by atoms with Crippen molar-refractivity contribution in [2.75, 3.05) is 6.54 Å². The van der Waals surface area contributed by atoms with Gasteiger partial charge in [-0.1, -0.05) is 11.6 Å². The molecule has 0 aliphatic carbocycles. The van der Waals surface area contributed by atoms with E-state index in [9.17, 15) is 4.79 Å². The van der Waals surface area contributed by atoms with Gasteiger partial charge in [-0.15, -0.1) is 0 Å². The molecular weight excluding hydrogens is 226 g/mol. The van der Waals surface area contributed by atoms with Crippen molar-refractivity contribution in [1.82, 2.24) is 9.88 Å². The van der Waals surface area contributed by atoms with Crippen molar-refractivity contribution in [3.8, 4) is 0 Å². The first-order valence-corrected chi connectivity index (χ1v) is 5.65. The number of nitrogens with zero attached hydrogens (tertiary/aromatic N) is 1. The Bertz CT molecular complexity index is 385. The SMILES string of the molecule is CCn1cc(Cl)cc1C(=O)NC(C)(C)CN. The third-order valence-corrected chi connectivity index (χ3v) is 2.61. The number of halogens is 1. The molecule has 1 amide bonds. The second-order valence-corrected chi connectivity index (χ2v) is 4.81. The van der Waals surface area contributed by atoms with Gasteiger partial charge in [0, 0.05) is 24.8 Å². The minimum absolute atomic E-state index is 0.149. The lowest BCUT2D eigenvalue weighted by Crippen LogP contribution is -2.49. The van der Waals surface area contributed by atoms with E-state index in [4.69, 9.17) is 17.3 Å². The summed E-state index contributed by atoms with van der Waals surface area (Å²) in [5, 5.41) is 3.43. The highest BCUT2D eigenvalue weighted by atomic mass is 35.5. The molecule has 3 N–H and O–H groups in total. The van der Waals surface area contributed by atoms with Crippen molar-refractivity contribution in [2.45, 2.75) is 32.9 Å². The third-order valence-electron chi connectivity index (χ3n) is 2.40. The minimum Gasteiger partial charge on any atom is -0.345 e. The van der Waals surface area contributed by atoms with Crippen molar-refractivity contribution in [2.24, 2.45) is 5.73 Å². The van der Waals surface area contributed by atoms with Crippen molar-refractivity contribution >= 4 is 17.5 Å². The number of hydrogen-bond acceptors (Lipinski definition) is 2. The monoisotopic (exact) mass is 243 g/mol. The van der Waals surface area contributed by atoms with E-state index in [2.05, 4.69) is 5.32 Å². The summed E-state index contributed by atoms with van der Waals surface area (Å²) in [7, 11) is 0. The van der Waals surface area contributed by atoms with Gasteiger partial charge in [-0.05, 0) is 26.8 Å². The lowest BCUT2D eigenvalue weighted by molar-refractivity contribution is 0.0906. The summed E-state index contributed by atoms with van der Waals surface area (Å²) in [6.07, 6.45) is 1.74. The van der Waals surface area contributed by atoms with Crippen LogP contribution in [0.25, 0.3) is 0 Å². The summed E-state index contributed by atoms with van der Waals surface area (Å²) in [5.74, 6) is -0.149. The van der Waals surface area contributed by atoms with Crippen LogP contribution in [0.3, 0.4) is 0 Å². The molecule has 0 aromatic carbocycles. The van der Waals surface area contributed by atoms with Gasteiger partial charge in [0.25, 0.3) is 5.91 Å². The molecule has 0 bridgehead atoms. The molecule has 4 nitrogen and oxygen atoms in total. The number of amides is 1. The van der Waals surface area contributed by atoms with Gasteiger partial charge in [-0.25, -0.2) is 0 Å². The number of nitrogens with one attached hydrogen (secondary N) is 1. The molecule has 0 saturated heterocycles. The predicted molar refractivity (Wildman–Crippen MR) is 65.7 cm³/mol. The molecular formula is C11H18ClN3O. The van der Waals surface area contributed by atoms with Gasteiger partial charge >= 0.3 is 0 Å². The molecule has 1 rings (SSSR count). The summed E-state index contributed by atoms with van der Waals surface area (Å²) in [4.78, 5) is 12.0. The van der Waals surface area contributed by atoms with Crippen molar-refractivity contribution < 1.29 is 4.79 Å². The summed E-state index contributed by atoms with van der Waals surface area (Å²) in [5.41, 5.74) is 5.71. The maximum Gasteiger partial charge on any atom is 0.268 e. The Labute approximate surface area is 101 Å². The summed E-state index contributed by atoms with van der Waals surface area (Å²) >= 11 is 5.87. The zero-order valence-electron chi connectivity index (χ0n) is 9.88. The van der Waals surface area contributed by atoms with Crippen LogP contribution in [0.2, 0.25) is 5.02 Å². The fraction of sp³-hybridized carbons (Fsp3) is 0.545. The van der Waals surface area contributed by atoms with Gasteiger partial charge in [-0.2, -0.15) is 0 Å². The molecule has 0 unspecified atom stereocenters. The topological polar surface area (TPSA) is 60.0 Å². The van der Waals surface area contributed by atoms with E-state index in [-0.39, 0.29) is 5.91 Å². The maximum atomic E-state index is 12.0. The Morgan fingerprint density at radius 1 is 1.62 bits per heavy atom.